The fourth-order valence-corrected chi connectivity index (χ4v) is 3.68. The molecule has 0 bridgehead atoms. The van der Waals surface area contributed by atoms with Crippen LogP contribution in [0, 0.1) is 5.92 Å². The molecule has 2 fully saturated rings. The molecule has 26 heavy (non-hydrogen) atoms. The second-order valence-corrected chi connectivity index (χ2v) is 7.45. The number of ether oxygens (including phenoxy) is 2. The van der Waals surface area contributed by atoms with Gasteiger partial charge in [-0.25, -0.2) is 0 Å². The summed E-state index contributed by atoms with van der Waals surface area (Å²) in [6.07, 6.45) is 6.30. The van der Waals surface area contributed by atoms with Gasteiger partial charge in [0.25, 0.3) is 0 Å². The molecule has 3 rings (SSSR count). The Balaban J connectivity index is 1.36. The lowest BCUT2D eigenvalue weighted by Crippen LogP contribution is -2.29. The summed E-state index contributed by atoms with van der Waals surface area (Å²) < 4.78 is 11.3. The molecule has 1 aromatic rings. The molecule has 1 amide bonds. The van der Waals surface area contributed by atoms with E-state index in [9.17, 15) is 4.79 Å². The van der Waals surface area contributed by atoms with Gasteiger partial charge in [0, 0.05) is 26.2 Å². The number of carbonyl (C=O) groups is 1. The molecule has 5 nitrogen and oxygen atoms in total. The fraction of sp³-hybridized carbons (Fsp3) is 0.667. The minimum absolute atomic E-state index is 0.160. The van der Waals surface area contributed by atoms with Gasteiger partial charge in [0.1, 0.15) is 0 Å². The van der Waals surface area contributed by atoms with Crippen LogP contribution in [0.15, 0.2) is 24.3 Å². The molecule has 0 radical (unpaired) electrons. The molecule has 0 spiro atoms. The average Bonchev–Trinajstić information content (AvgIpc) is 2.71. The van der Waals surface area contributed by atoms with Crippen LogP contribution in [0.25, 0.3) is 0 Å². The third-order valence-corrected chi connectivity index (χ3v) is 5.37. The molecular weight excluding hydrogens is 328 g/mol. The minimum Gasteiger partial charge on any atom is -0.381 e. The number of nitrogens with one attached hydrogen (secondary N) is 2. The smallest absolute Gasteiger partial charge is 0.220 e. The van der Waals surface area contributed by atoms with Crippen LogP contribution in [-0.2, 0) is 27.4 Å². The molecule has 0 aromatic heterocycles. The maximum atomic E-state index is 12.1. The second kappa shape index (κ2) is 10.7. The van der Waals surface area contributed by atoms with Crippen molar-refractivity contribution in [2.24, 2.45) is 5.92 Å². The monoisotopic (exact) mass is 360 g/mol. The Morgan fingerprint density at radius 3 is 2.73 bits per heavy atom. The predicted molar refractivity (Wildman–Crippen MR) is 102 cm³/mol. The number of carbonyl (C=O) groups excluding carboxylic acids is 1. The SMILES string of the molecule is O=C(CCC1CCNCC1)NCc1cccc(COC2CCOCC2)c1. The van der Waals surface area contributed by atoms with Crippen LogP contribution in [0.2, 0.25) is 0 Å². The highest BCUT2D eigenvalue weighted by atomic mass is 16.5. The van der Waals surface area contributed by atoms with E-state index in [-0.39, 0.29) is 5.91 Å². The summed E-state index contributed by atoms with van der Waals surface area (Å²) >= 11 is 0. The van der Waals surface area contributed by atoms with Gasteiger partial charge < -0.3 is 20.1 Å². The Kier molecular flexibility index (Phi) is 7.92. The lowest BCUT2D eigenvalue weighted by molar-refractivity contribution is -0.121. The van der Waals surface area contributed by atoms with E-state index in [1.807, 2.05) is 6.07 Å². The van der Waals surface area contributed by atoms with E-state index < -0.39 is 0 Å². The molecule has 144 valence electrons. The zero-order valence-corrected chi connectivity index (χ0v) is 15.7. The topological polar surface area (TPSA) is 59.6 Å². The molecule has 2 N–H and O–H groups in total. The molecule has 0 atom stereocenters. The van der Waals surface area contributed by atoms with Crippen LogP contribution >= 0.6 is 0 Å². The van der Waals surface area contributed by atoms with Gasteiger partial charge in [-0.1, -0.05) is 24.3 Å². The summed E-state index contributed by atoms with van der Waals surface area (Å²) in [5.41, 5.74) is 2.30. The second-order valence-electron chi connectivity index (χ2n) is 7.45. The maximum absolute atomic E-state index is 12.1. The molecule has 2 heterocycles. The van der Waals surface area contributed by atoms with Crippen LogP contribution in [0.3, 0.4) is 0 Å². The Morgan fingerprint density at radius 1 is 1.15 bits per heavy atom. The van der Waals surface area contributed by atoms with Gasteiger partial charge in [-0.15, -0.1) is 0 Å². The first-order valence-corrected chi connectivity index (χ1v) is 10.0. The van der Waals surface area contributed by atoms with E-state index in [4.69, 9.17) is 9.47 Å². The summed E-state index contributed by atoms with van der Waals surface area (Å²) in [5, 5.41) is 6.43. The molecular formula is C21H32N2O3. The van der Waals surface area contributed by atoms with Gasteiger partial charge in [0.15, 0.2) is 0 Å². The number of hydrogen-bond acceptors (Lipinski definition) is 4. The van der Waals surface area contributed by atoms with Crippen molar-refractivity contribution >= 4 is 5.91 Å². The maximum Gasteiger partial charge on any atom is 0.220 e. The fourth-order valence-electron chi connectivity index (χ4n) is 3.68. The Bertz CT molecular complexity index is 552. The number of hydrogen-bond donors (Lipinski definition) is 2. The summed E-state index contributed by atoms with van der Waals surface area (Å²) in [7, 11) is 0. The van der Waals surface area contributed by atoms with Crippen LogP contribution in [0.5, 0.6) is 0 Å². The van der Waals surface area contributed by atoms with Crippen molar-refractivity contribution in [1.82, 2.24) is 10.6 Å². The Hall–Kier alpha value is -1.43. The Morgan fingerprint density at radius 2 is 1.92 bits per heavy atom. The zero-order chi connectivity index (χ0) is 18.0. The first-order valence-electron chi connectivity index (χ1n) is 10.0. The van der Waals surface area contributed by atoms with E-state index in [1.54, 1.807) is 0 Å². The van der Waals surface area contributed by atoms with E-state index in [0.717, 1.165) is 56.7 Å². The molecule has 5 heteroatoms. The predicted octanol–water partition coefficient (Wildman–Crippen LogP) is 2.78. The van der Waals surface area contributed by atoms with Gasteiger partial charge in [-0.05, 0) is 62.2 Å². The first-order chi connectivity index (χ1) is 12.8. The zero-order valence-electron chi connectivity index (χ0n) is 15.7. The molecule has 0 aliphatic carbocycles. The normalized spacial score (nSPS) is 19.4. The van der Waals surface area contributed by atoms with Crippen molar-refractivity contribution in [2.75, 3.05) is 26.3 Å². The van der Waals surface area contributed by atoms with E-state index in [0.29, 0.717) is 31.6 Å². The van der Waals surface area contributed by atoms with Gasteiger partial charge in [-0.2, -0.15) is 0 Å². The quantitative estimate of drug-likeness (QED) is 0.748. The molecule has 2 aliphatic rings. The van der Waals surface area contributed by atoms with Gasteiger partial charge in [0.05, 0.1) is 12.7 Å². The van der Waals surface area contributed by atoms with Crippen molar-refractivity contribution in [3.63, 3.8) is 0 Å². The Labute approximate surface area is 156 Å². The number of rotatable bonds is 8. The van der Waals surface area contributed by atoms with Gasteiger partial charge >= 0.3 is 0 Å². The third-order valence-electron chi connectivity index (χ3n) is 5.37. The number of amides is 1. The van der Waals surface area contributed by atoms with Crippen LogP contribution in [-0.4, -0.2) is 38.3 Å². The summed E-state index contributed by atoms with van der Waals surface area (Å²) in [6.45, 7) is 5.00. The summed E-state index contributed by atoms with van der Waals surface area (Å²) in [4.78, 5) is 12.1. The van der Waals surface area contributed by atoms with E-state index in [2.05, 4.69) is 28.8 Å². The molecule has 0 unspecified atom stereocenters. The van der Waals surface area contributed by atoms with E-state index in [1.165, 1.54) is 12.8 Å². The van der Waals surface area contributed by atoms with Crippen molar-refractivity contribution in [3.05, 3.63) is 35.4 Å². The molecule has 2 saturated heterocycles. The lowest BCUT2D eigenvalue weighted by atomic mass is 9.93. The van der Waals surface area contributed by atoms with Crippen molar-refractivity contribution in [3.8, 4) is 0 Å². The third kappa shape index (κ3) is 6.71. The largest absolute Gasteiger partial charge is 0.381 e. The number of benzene rings is 1. The van der Waals surface area contributed by atoms with Crippen molar-refractivity contribution in [1.29, 1.82) is 0 Å². The molecule has 0 saturated carbocycles. The number of piperidine rings is 1. The molecule has 1 aromatic carbocycles. The average molecular weight is 360 g/mol. The van der Waals surface area contributed by atoms with Gasteiger partial charge in [0.2, 0.25) is 5.91 Å². The first kappa shape index (κ1) is 19.3. The lowest BCUT2D eigenvalue weighted by Gasteiger charge is -2.22. The van der Waals surface area contributed by atoms with Gasteiger partial charge in [-0.3, -0.25) is 4.79 Å². The summed E-state index contributed by atoms with van der Waals surface area (Å²) in [6, 6.07) is 8.32. The molecule has 2 aliphatic heterocycles. The van der Waals surface area contributed by atoms with Crippen LogP contribution in [0.1, 0.15) is 49.7 Å². The van der Waals surface area contributed by atoms with Crippen LogP contribution < -0.4 is 10.6 Å². The standard InChI is InChI=1S/C21H32N2O3/c24-21(5-4-17-6-10-22-11-7-17)23-15-18-2-1-3-19(14-18)16-26-20-8-12-25-13-9-20/h1-3,14,17,20,22H,4-13,15-16H2,(H,23,24). The summed E-state index contributed by atoms with van der Waals surface area (Å²) in [5.74, 6) is 0.861. The highest BCUT2D eigenvalue weighted by Crippen LogP contribution is 2.18. The van der Waals surface area contributed by atoms with E-state index >= 15 is 0 Å². The minimum atomic E-state index is 0.160. The highest BCUT2D eigenvalue weighted by molar-refractivity contribution is 5.75. The highest BCUT2D eigenvalue weighted by Gasteiger charge is 2.15. The van der Waals surface area contributed by atoms with Crippen molar-refractivity contribution in [2.45, 2.75) is 57.8 Å². The van der Waals surface area contributed by atoms with Crippen molar-refractivity contribution < 1.29 is 14.3 Å². The van der Waals surface area contributed by atoms with Crippen LogP contribution in [0.4, 0.5) is 0 Å².